The summed E-state index contributed by atoms with van der Waals surface area (Å²) in [4.78, 5) is 57.7. The summed E-state index contributed by atoms with van der Waals surface area (Å²) in [6.07, 6.45) is -6.09. The molecule has 0 aliphatic carbocycles. The van der Waals surface area contributed by atoms with E-state index in [2.05, 4.69) is 5.32 Å². The van der Waals surface area contributed by atoms with Gasteiger partial charge in [-0.15, -0.1) is 0 Å². The highest BCUT2D eigenvalue weighted by Crippen LogP contribution is 2.30. The van der Waals surface area contributed by atoms with E-state index in [9.17, 15) is 24.0 Å². The molecule has 0 spiro atoms. The first-order valence-electron chi connectivity index (χ1n) is 9.88. The lowest BCUT2D eigenvalue weighted by Gasteiger charge is -2.44. The second kappa shape index (κ2) is 11.3. The highest BCUT2D eigenvalue weighted by molar-refractivity contribution is 5.88. The van der Waals surface area contributed by atoms with Gasteiger partial charge in [-0.1, -0.05) is 0 Å². The summed E-state index contributed by atoms with van der Waals surface area (Å²) in [7, 11) is 0. The molecule has 0 saturated carbocycles. The second-order valence-corrected chi connectivity index (χ2v) is 7.15. The Labute approximate surface area is 189 Å². The van der Waals surface area contributed by atoms with Crippen molar-refractivity contribution in [2.24, 2.45) is 0 Å². The van der Waals surface area contributed by atoms with Crippen molar-refractivity contribution in [1.82, 2.24) is 0 Å². The van der Waals surface area contributed by atoms with Gasteiger partial charge in [0.15, 0.2) is 24.5 Å². The Morgan fingerprint density at radius 2 is 1.33 bits per heavy atom. The minimum Gasteiger partial charge on any atom is -0.478 e. The van der Waals surface area contributed by atoms with Crippen molar-refractivity contribution >= 4 is 35.5 Å². The van der Waals surface area contributed by atoms with Crippen LogP contribution in [0.15, 0.2) is 24.3 Å². The van der Waals surface area contributed by atoms with Crippen LogP contribution < -0.4 is 5.32 Å². The molecule has 2 rings (SSSR count). The van der Waals surface area contributed by atoms with E-state index in [-0.39, 0.29) is 12.2 Å². The maximum atomic E-state index is 11.8. The molecule has 5 atom stereocenters. The zero-order valence-electron chi connectivity index (χ0n) is 18.4. The molecule has 1 aliphatic rings. The van der Waals surface area contributed by atoms with Crippen LogP contribution in [0.4, 0.5) is 5.69 Å². The normalized spacial score (nSPS) is 24.2. The van der Waals surface area contributed by atoms with E-state index in [1.165, 1.54) is 31.2 Å². The van der Waals surface area contributed by atoms with Crippen LogP contribution in [0.25, 0.3) is 0 Å². The molecule has 1 aromatic rings. The quantitative estimate of drug-likeness (QED) is 0.410. The molecule has 1 saturated heterocycles. The molecule has 0 radical (unpaired) electrons. The Morgan fingerprint density at radius 3 is 1.82 bits per heavy atom. The lowest BCUT2D eigenvalue weighted by molar-refractivity contribution is -0.247. The molecule has 1 aromatic carbocycles. The van der Waals surface area contributed by atoms with Gasteiger partial charge in [0, 0.05) is 33.4 Å². The Balaban J connectivity index is 2.43. The molecule has 33 heavy (non-hydrogen) atoms. The number of carboxylic acids is 1. The first kappa shape index (κ1) is 25.6. The summed E-state index contributed by atoms with van der Waals surface area (Å²) >= 11 is 0. The van der Waals surface area contributed by atoms with E-state index in [0.29, 0.717) is 5.69 Å². The summed E-state index contributed by atoms with van der Waals surface area (Å²) in [6.45, 7) is 4.21. The standard InChI is InChI=1S/C21H25NO11/c1-10(23)29-9-16-17(30-11(2)24)18(31-12(3)25)19(32-13(4)26)20(33-16)22-15-7-5-14(6-8-15)21(27)28/h5-8,16-20,22H,9H2,1-4H3,(H,27,28)/t16?,17-,18?,19+,20-/m1/s1. The number of esters is 4. The van der Waals surface area contributed by atoms with E-state index in [1.807, 2.05) is 0 Å². The smallest absolute Gasteiger partial charge is 0.335 e. The minimum absolute atomic E-state index is 0.0436. The predicted molar refractivity (Wildman–Crippen MR) is 109 cm³/mol. The largest absolute Gasteiger partial charge is 0.478 e. The first-order chi connectivity index (χ1) is 15.5. The van der Waals surface area contributed by atoms with Gasteiger partial charge in [-0.05, 0) is 24.3 Å². The zero-order valence-corrected chi connectivity index (χ0v) is 18.4. The predicted octanol–water partition coefficient (Wildman–Crippen LogP) is 0.880. The third-order valence-electron chi connectivity index (χ3n) is 4.43. The Kier molecular flexibility index (Phi) is 8.74. The monoisotopic (exact) mass is 467 g/mol. The third-order valence-corrected chi connectivity index (χ3v) is 4.43. The summed E-state index contributed by atoms with van der Waals surface area (Å²) in [5, 5.41) is 12.0. The zero-order chi connectivity index (χ0) is 24.7. The van der Waals surface area contributed by atoms with Crippen LogP contribution in [0.1, 0.15) is 38.1 Å². The van der Waals surface area contributed by atoms with Crippen LogP contribution in [0.5, 0.6) is 0 Å². The van der Waals surface area contributed by atoms with E-state index < -0.39 is 60.5 Å². The maximum Gasteiger partial charge on any atom is 0.335 e. The van der Waals surface area contributed by atoms with Crippen molar-refractivity contribution in [3.8, 4) is 0 Å². The average Bonchev–Trinajstić information content (AvgIpc) is 2.70. The molecule has 0 aromatic heterocycles. The van der Waals surface area contributed by atoms with Gasteiger partial charge < -0.3 is 34.1 Å². The fourth-order valence-corrected chi connectivity index (χ4v) is 3.22. The Hall–Kier alpha value is -3.67. The van der Waals surface area contributed by atoms with Crippen molar-refractivity contribution in [2.45, 2.75) is 58.3 Å². The van der Waals surface area contributed by atoms with Crippen molar-refractivity contribution < 1.29 is 52.8 Å². The Bertz CT molecular complexity index is 898. The lowest BCUT2D eigenvalue weighted by Crippen LogP contribution is -2.64. The maximum absolute atomic E-state index is 11.8. The summed E-state index contributed by atoms with van der Waals surface area (Å²) in [6, 6.07) is 5.60. The van der Waals surface area contributed by atoms with Crippen LogP contribution in [0.3, 0.4) is 0 Å². The minimum atomic E-state index is -1.31. The molecule has 1 aliphatic heterocycles. The number of ether oxygens (including phenoxy) is 5. The van der Waals surface area contributed by atoms with Crippen molar-refractivity contribution in [3.05, 3.63) is 29.8 Å². The highest BCUT2D eigenvalue weighted by atomic mass is 16.7. The summed E-state index contributed by atoms with van der Waals surface area (Å²) in [5.41, 5.74) is 0.433. The van der Waals surface area contributed by atoms with Gasteiger partial charge in [0.25, 0.3) is 0 Å². The SMILES string of the molecule is CC(=O)OCC1O[C@@H](Nc2ccc(C(=O)O)cc2)[C@@H](OC(C)=O)C(OC(C)=O)[C@@H]1OC(C)=O. The molecular formula is C21H25NO11. The average molecular weight is 467 g/mol. The van der Waals surface area contributed by atoms with Crippen LogP contribution in [0, 0.1) is 0 Å². The second-order valence-electron chi connectivity index (χ2n) is 7.15. The number of hydrogen-bond acceptors (Lipinski definition) is 11. The third kappa shape index (κ3) is 7.45. The summed E-state index contributed by atoms with van der Waals surface area (Å²) in [5.74, 6) is -3.94. The fourth-order valence-electron chi connectivity index (χ4n) is 3.22. The lowest BCUT2D eigenvalue weighted by atomic mass is 9.97. The number of anilines is 1. The number of nitrogens with one attached hydrogen (secondary N) is 1. The molecule has 1 heterocycles. The van der Waals surface area contributed by atoms with E-state index >= 15 is 0 Å². The van der Waals surface area contributed by atoms with Crippen molar-refractivity contribution in [1.29, 1.82) is 0 Å². The van der Waals surface area contributed by atoms with E-state index in [1.54, 1.807) is 0 Å². The number of carbonyl (C=O) groups is 5. The highest BCUT2D eigenvalue weighted by Gasteiger charge is 2.52. The van der Waals surface area contributed by atoms with E-state index in [4.69, 9.17) is 28.8 Å². The van der Waals surface area contributed by atoms with Gasteiger partial charge in [-0.25, -0.2) is 4.79 Å². The van der Waals surface area contributed by atoms with Gasteiger partial charge in [0.05, 0.1) is 5.56 Å². The number of rotatable bonds is 8. The topological polar surface area (TPSA) is 164 Å². The van der Waals surface area contributed by atoms with Crippen LogP contribution in [0.2, 0.25) is 0 Å². The first-order valence-corrected chi connectivity index (χ1v) is 9.88. The van der Waals surface area contributed by atoms with Crippen LogP contribution in [-0.2, 0) is 42.9 Å². The molecular weight excluding hydrogens is 442 g/mol. The molecule has 0 amide bonds. The number of carboxylic acid groups (broad SMARTS) is 1. The van der Waals surface area contributed by atoms with Crippen LogP contribution >= 0.6 is 0 Å². The Morgan fingerprint density at radius 1 is 0.818 bits per heavy atom. The van der Waals surface area contributed by atoms with Gasteiger partial charge in [0.2, 0.25) is 0 Å². The molecule has 2 N–H and O–H groups in total. The molecule has 0 bridgehead atoms. The van der Waals surface area contributed by atoms with Gasteiger partial charge >= 0.3 is 29.8 Å². The molecule has 12 heteroatoms. The molecule has 2 unspecified atom stereocenters. The number of aromatic carboxylic acids is 1. The molecule has 12 nitrogen and oxygen atoms in total. The van der Waals surface area contributed by atoms with Gasteiger partial charge in [-0.3, -0.25) is 19.2 Å². The fraction of sp³-hybridized carbons (Fsp3) is 0.476. The van der Waals surface area contributed by atoms with Crippen molar-refractivity contribution in [2.75, 3.05) is 11.9 Å². The number of hydrogen-bond donors (Lipinski definition) is 2. The summed E-state index contributed by atoms with van der Waals surface area (Å²) < 4.78 is 26.9. The van der Waals surface area contributed by atoms with Crippen molar-refractivity contribution in [3.63, 3.8) is 0 Å². The van der Waals surface area contributed by atoms with E-state index in [0.717, 1.165) is 20.8 Å². The molecule has 180 valence electrons. The number of benzene rings is 1. The van der Waals surface area contributed by atoms with Crippen LogP contribution in [-0.4, -0.2) is 72.2 Å². The number of carbonyl (C=O) groups excluding carboxylic acids is 4. The van der Waals surface area contributed by atoms with Gasteiger partial charge in [0.1, 0.15) is 12.7 Å². The molecule has 1 fully saturated rings. The van der Waals surface area contributed by atoms with Gasteiger partial charge in [-0.2, -0.15) is 0 Å².